The average Bonchev–Trinajstić information content (AvgIpc) is 2.26. The van der Waals surface area contributed by atoms with Crippen molar-refractivity contribution < 1.29 is 0 Å². The minimum absolute atomic E-state index is 0.189. The van der Waals surface area contributed by atoms with Crippen LogP contribution < -0.4 is 10.6 Å². The maximum absolute atomic E-state index is 5.76. The van der Waals surface area contributed by atoms with Gasteiger partial charge < -0.3 is 15.5 Å². The number of hydrogen-bond acceptors (Lipinski definition) is 4. The minimum Gasteiger partial charge on any atom is -0.358 e. The van der Waals surface area contributed by atoms with E-state index in [1.54, 1.807) is 0 Å². The van der Waals surface area contributed by atoms with Gasteiger partial charge in [0.05, 0.1) is 0 Å². The third-order valence-electron chi connectivity index (χ3n) is 2.64. The van der Waals surface area contributed by atoms with Gasteiger partial charge in [0.1, 0.15) is 5.82 Å². The number of pyridine rings is 1. The fraction of sp³-hybridized carbons (Fsp3) is 0.615. The van der Waals surface area contributed by atoms with Crippen LogP contribution in [-0.2, 0) is 6.42 Å². The summed E-state index contributed by atoms with van der Waals surface area (Å²) in [5.41, 5.74) is 6.96. The predicted octanol–water partition coefficient (Wildman–Crippen LogP) is 0.969. The molecule has 1 aromatic rings. The van der Waals surface area contributed by atoms with Crippen LogP contribution in [0.3, 0.4) is 0 Å². The highest BCUT2D eigenvalue weighted by Gasteiger charge is 2.04. The molecule has 0 fully saturated rings. The highest BCUT2D eigenvalue weighted by atomic mass is 15.2. The van der Waals surface area contributed by atoms with E-state index in [-0.39, 0.29) is 6.04 Å². The SMILES string of the molecule is CC(N)Cc1ccc(N(C)CCN(C)C)nc1. The van der Waals surface area contributed by atoms with E-state index in [1.165, 1.54) is 5.56 Å². The van der Waals surface area contributed by atoms with Gasteiger partial charge in [-0.1, -0.05) is 6.07 Å². The topological polar surface area (TPSA) is 45.4 Å². The summed E-state index contributed by atoms with van der Waals surface area (Å²) in [6.07, 6.45) is 2.81. The fourth-order valence-electron chi connectivity index (χ4n) is 1.60. The zero-order valence-electron chi connectivity index (χ0n) is 11.3. The second-order valence-corrected chi connectivity index (χ2v) is 4.93. The maximum atomic E-state index is 5.76. The van der Waals surface area contributed by atoms with E-state index in [1.807, 2.05) is 13.1 Å². The third kappa shape index (κ3) is 5.15. The van der Waals surface area contributed by atoms with Crippen LogP contribution in [0.4, 0.5) is 5.82 Å². The zero-order chi connectivity index (χ0) is 12.8. The Balaban J connectivity index is 2.54. The van der Waals surface area contributed by atoms with Crippen LogP contribution in [0.15, 0.2) is 18.3 Å². The largest absolute Gasteiger partial charge is 0.358 e. The first kappa shape index (κ1) is 13.9. The summed E-state index contributed by atoms with van der Waals surface area (Å²) in [4.78, 5) is 8.79. The van der Waals surface area contributed by atoms with Crippen molar-refractivity contribution >= 4 is 5.82 Å². The van der Waals surface area contributed by atoms with Crippen LogP contribution in [0, 0.1) is 0 Å². The first-order chi connectivity index (χ1) is 7.99. The highest BCUT2D eigenvalue weighted by Crippen LogP contribution is 2.10. The van der Waals surface area contributed by atoms with Crippen molar-refractivity contribution in [2.75, 3.05) is 39.1 Å². The van der Waals surface area contributed by atoms with Gasteiger partial charge in [0.25, 0.3) is 0 Å². The number of nitrogens with two attached hydrogens (primary N) is 1. The third-order valence-corrected chi connectivity index (χ3v) is 2.64. The molecule has 4 nitrogen and oxygen atoms in total. The highest BCUT2D eigenvalue weighted by molar-refractivity contribution is 5.38. The smallest absolute Gasteiger partial charge is 0.128 e. The Morgan fingerprint density at radius 3 is 2.41 bits per heavy atom. The Kier molecular flexibility index (Phi) is 5.38. The lowest BCUT2D eigenvalue weighted by Crippen LogP contribution is -2.29. The van der Waals surface area contributed by atoms with Crippen molar-refractivity contribution in [2.45, 2.75) is 19.4 Å². The van der Waals surface area contributed by atoms with Gasteiger partial charge in [0, 0.05) is 32.4 Å². The molecule has 0 saturated heterocycles. The molecule has 96 valence electrons. The average molecular weight is 236 g/mol. The van der Waals surface area contributed by atoms with Crippen molar-refractivity contribution in [3.8, 4) is 0 Å². The molecule has 1 aromatic heterocycles. The van der Waals surface area contributed by atoms with Crippen molar-refractivity contribution in [3.05, 3.63) is 23.9 Å². The van der Waals surface area contributed by atoms with Gasteiger partial charge in [0.15, 0.2) is 0 Å². The molecule has 0 amide bonds. The zero-order valence-corrected chi connectivity index (χ0v) is 11.3. The molecule has 1 rings (SSSR count). The van der Waals surface area contributed by atoms with Crippen LogP contribution in [0.5, 0.6) is 0 Å². The normalized spacial score (nSPS) is 12.8. The molecule has 4 heteroatoms. The lowest BCUT2D eigenvalue weighted by molar-refractivity contribution is 0.416. The van der Waals surface area contributed by atoms with E-state index < -0.39 is 0 Å². The molecule has 1 atom stereocenters. The molecule has 1 unspecified atom stereocenters. The number of likely N-dealkylation sites (N-methyl/N-ethyl adjacent to an activating group) is 2. The second kappa shape index (κ2) is 6.57. The fourth-order valence-corrected chi connectivity index (χ4v) is 1.60. The van der Waals surface area contributed by atoms with E-state index in [0.29, 0.717) is 0 Å². The summed E-state index contributed by atoms with van der Waals surface area (Å²) in [7, 11) is 6.22. The molecule has 0 radical (unpaired) electrons. The summed E-state index contributed by atoms with van der Waals surface area (Å²) in [6, 6.07) is 4.36. The van der Waals surface area contributed by atoms with E-state index in [0.717, 1.165) is 25.3 Å². The van der Waals surface area contributed by atoms with Gasteiger partial charge in [-0.2, -0.15) is 0 Å². The molecular weight excluding hydrogens is 212 g/mol. The lowest BCUT2D eigenvalue weighted by Gasteiger charge is -2.20. The standard InChI is InChI=1S/C13H24N4/c1-11(14)9-12-5-6-13(15-10-12)17(4)8-7-16(2)3/h5-6,10-11H,7-9,14H2,1-4H3. The van der Waals surface area contributed by atoms with Crippen molar-refractivity contribution in [1.82, 2.24) is 9.88 Å². The van der Waals surface area contributed by atoms with Crippen LogP contribution in [-0.4, -0.2) is 50.2 Å². The van der Waals surface area contributed by atoms with Gasteiger partial charge in [-0.05, 0) is 39.1 Å². The number of aromatic nitrogens is 1. The first-order valence-corrected chi connectivity index (χ1v) is 6.05. The van der Waals surface area contributed by atoms with E-state index in [4.69, 9.17) is 5.73 Å². The Labute approximate surface area is 104 Å². The molecule has 0 aromatic carbocycles. The molecule has 17 heavy (non-hydrogen) atoms. The Morgan fingerprint density at radius 1 is 1.24 bits per heavy atom. The summed E-state index contributed by atoms with van der Waals surface area (Å²) >= 11 is 0. The number of anilines is 1. The Hall–Kier alpha value is -1.13. The molecule has 0 saturated carbocycles. The molecule has 1 heterocycles. The van der Waals surface area contributed by atoms with Gasteiger partial charge in [0.2, 0.25) is 0 Å². The monoisotopic (exact) mass is 236 g/mol. The molecule has 2 N–H and O–H groups in total. The molecule has 0 spiro atoms. The van der Waals surface area contributed by atoms with Crippen LogP contribution in [0.2, 0.25) is 0 Å². The minimum atomic E-state index is 0.189. The first-order valence-electron chi connectivity index (χ1n) is 6.05. The number of hydrogen-bond donors (Lipinski definition) is 1. The van der Waals surface area contributed by atoms with Crippen molar-refractivity contribution in [2.24, 2.45) is 5.73 Å². The van der Waals surface area contributed by atoms with Gasteiger partial charge in [-0.15, -0.1) is 0 Å². The summed E-state index contributed by atoms with van der Waals surface area (Å²) < 4.78 is 0. The Bertz CT molecular complexity index is 319. The van der Waals surface area contributed by atoms with Crippen molar-refractivity contribution in [1.29, 1.82) is 0 Å². The molecule has 0 bridgehead atoms. The predicted molar refractivity (Wildman–Crippen MR) is 73.4 cm³/mol. The lowest BCUT2D eigenvalue weighted by atomic mass is 10.1. The van der Waals surface area contributed by atoms with Crippen LogP contribution in [0.1, 0.15) is 12.5 Å². The van der Waals surface area contributed by atoms with E-state index in [9.17, 15) is 0 Å². The molecular formula is C13H24N4. The molecule has 0 aliphatic heterocycles. The quantitative estimate of drug-likeness (QED) is 0.799. The maximum Gasteiger partial charge on any atom is 0.128 e. The number of rotatable bonds is 6. The van der Waals surface area contributed by atoms with Crippen LogP contribution >= 0.6 is 0 Å². The van der Waals surface area contributed by atoms with Crippen molar-refractivity contribution in [3.63, 3.8) is 0 Å². The van der Waals surface area contributed by atoms with E-state index in [2.05, 4.69) is 48.1 Å². The second-order valence-electron chi connectivity index (χ2n) is 4.93. The van der Waals surface area contributed by atoms with E-state index >= 15 is 0 Å². The Morgan fingerprint density at radius 2 is 1.94 bits per heavy atom. The summed E-state index contributed by atoms with van der Waals surface area (Å²) in [5.74, 6) is 1.01. The summed E-state index contributed by atoms with van der Waals surface area (Å²) in [6.45, 7) is 4.02. The van der Waals surface area contributed by atoms with Gasteiger partial charge in [-0.3, -0.25) is 0 Å². The van der Waals surface area contributed by atoms with Crippen LogP contribution in [0.25, 0.3) is 0 Å². The number of nitrogens with zero attached hydrogens (tertiary/aromatic N) is 3. The molecule has 0 aliphatic rings. The summed E-state index contributed by atoms with van der Waals surface area (Å²) in [5, 5.41) is 0. The molecule has 0 aliphatic carbocycles. The van der Waals surface area contributed by atoms with Gasteiger partial charge >= 0.3 is 0 Å². The van der Waals surface area contributed by atoms with Gasteiger partial charge in [-0.25, -0.2) is 4.98 Å².